The van der Waals surface area contributed by atoms with Gasteiger partial charge in [-0.3, -0.25) is 4.99 Å². The molecule has 7 nitrogen and oxygen atoms in total. The number of carbonyl (C=O) groups excluding carboxylic acids is 1. The first kappa shape index (κ1) is 18.5. The summed E-state index contributed by atoms with van der Waals surface area (Å²) in [7, 11) is 1.79. The monoisotopic (exact) mass is 353 g/mol. The van der Waals surface area contributed by atoms with Gasteiger partial charge in [0.1, 0.15) is 0 Å². The molecule has 1 fully saturated rings. The highest BCUT2D eigenvalue weighted by Gasteiger charge is 2.23. The molecule has 0 saturated carbocycles. The molecule has 0 bridgehead atoms. The van der Waals surface area contributed by atoms with E-state index in [1.165, 1.54) is 5.01 Å². The van der Waals surface area contributed by atoms with Gasteiger partial charge in [-0.15, -0.1) is 11.3 Å². The van der Waals surface area contributed by atoms with Crippen LogP contribution in [0.2, 0.25) is 0 Å². The van der Waals surface area contributed by atoms with Crippen molar-refractivity contribution in [2.24, 2.45) is 4.99 Å². The highest BCUT2D eigenvalue weighted by molar-refractivity contribution is 7.09. The molecule has 2 rings (SSSR count). The third kappa shape index (κ3) is 5.09. The van der Waals surface area contributed by atoms with Crippen molar-refractivity contribution in [3.8, 4) is 0 Å². The maximum Gasteiger partial charge on any atom is 0.409 e. The predicted octanol–water partition coefficient (Wildman–Crippen LogP) is 1.60. The maximum atomic E-state index is 11.7. The number of aliphatic imine (C=N–C) groups is 1. The fraction of sp³-hybridized carbons (Fsp3) is 0.688. The molecule has 1 N–H and O–H groups in total. The summed E-state index contributed by atoms with van der Waals surface area (Å²) in [6, 6.07) is 0. The van der Waals surface area contributed by atoms with Crippen LogP contribution in [0.5, 0.6) is 0 Å². The molecule has 0 radical (unpaired) electrons. The SMILES string of the molecule is CCOC(=O)N1CCN(C(=NC)NCCc2csc(CC)n2)CC1. The molecule has 1 amide bonds. The molecule has 134 valence electrons. The van der Waals surface area contributed by atoms with Gasteiger partial charge in [0.05, 0.1) is 17.3 Å². The van der Waals surface area contributed by atoms with Gasteiger partial charge in [-0.1, -0.05) is 6.92 Å². The second-order valence-corrected chi connectivity index (χ2v) is 6.43. The van der Waals surface area contributed by atoms with E-state index < -0.39 is 0 Å². The Balaban J connectivity index is 1.75. The molecule has 0 atom stereocenters. The van der Waals surface area contributed by atoms with Crippen LogP contribution in [0.25, 0.3) is 0 Å². The van der Waals surface area contributed by atoms with Gasteiger partial charge in [0, 0.05) is 51.6 Å². The first-order valence-corrected chi connectivity index (χ1v) is 9.36. The Morgan fingerprint density at radius 2 is 2.04 bits per heavy atom. The van der Waals surface area contributed by atoms with Crippen LogP contribution in [0.4, 0.5) is 4.79 Å². The Kier molecular flexibility index (Phi) is 7.30. The molecular weight excluding hydrogens is 326 g/mol. The Hall–Kier alpha value is -1.83. The Morgan fingerprint density at radius 1 is 1.33 bits per heavy atom. The molecule has 0 spiro atoms. The summed E-state index contributed by atoms with van der Waals surface area (Å²) < 4.78 is 5.05. The summed E-state index contributed by atoms with van der Waals surface area (Å²) in [5.74, 6) is 0.879. The molecule has 1 saturated heterocycles. The third-order valence-electron chi connectivity index (χ3n) is 3.88. The van der Waals surface area contributed by atoms with Crippen molar-refractivity contribution in [2.45, 2.75) is 26.7 Å². The summed E-state index contributed by atoms with van der Waals surface area (Å²) in [5.41, 5.74) is 1.13. The molecule has 0 unspecified atom stereocenters. The van der Waals surface area contributed by atoms with Gasteiger partial charge in [0.25, 0.3) is 0 Å². The van der Waals surface area contributed by atoms with Gasteiger partial charge in [-0.05, 0) is 13.3 Å². The Labute approximate surface area is 147 Å². The molecule has 2 heterocycles. The minimum Gasteiger partial charge on any atom is -0.450 e. The molecule has 0 aliphatic carbocycles. The Bertz CT molecular complexity index is 552. The van der Waals surface area contributed by atoms with Crippen LogP contribution in [-0.4, -0.2) is 73.2 Å². The lowest BCUT2D eigenvalue weighted by Crippen LogP contribution is -2.54. The van der Waals surface area contributed by atoms with Crippen LogP contribution in [0, 0.1) is 0 Å². The third-order valence-corrected chi connectivity index (χ3v) is 4.92. The number of aromatic nitrogens is 1. The van der Waals surface area contributed by atoms with Crippen molar-refractivity contribution in [1.29, 1.82) is 0 Å². The summed E-state index contributed by atoms with van der Waals surface area (Å²) >= 11 is 1.72. The number of amides is 1. The minimum atomic E-state index is -0.227. The number of piperazine rings is 1. The summed E-state index contributed by atoms with van der Waals surface area (Å²) in [6.45, 7) is 8.00. The fourth-order valence-electron chi connectivity index (χ4n) is 2.58. The van der Waals surface area contributed by atoms with E-state index >= 15 is 0 Å². The molecule has 0 aromatic carbocycles. The van der Waals surface area contributed by atoms with Crippen LogP contribution in [0.1, 0.15) is 24.5 Å². The number of rotatable bonds is 5. The van der Waals surface area contributed by atoms with Gasteiger partial charge >= 0.3 is 6.09 Å². The highest BCUT2D eigenvalue weighted by Crippen LogP contribution is 2.10. The lowest BCUT2D eigenvalue weighted by atomic mass is 10.3. The van der Waals surface area contributed by atoms with E-state index in [2.05, 4.69) is 32.5 Å². The van der Waals surface area contributed by atoms with Crippen molar-refractivity contribution in [3.63, 3.8) is 0 Å². The van der Waals surface area contributed by atoms with Gasteiger partial charge in [0.15, 0.2) is 5.96 Å². The average molecular weight is 353 g/mol. The van der Waals surface area contributed by atoms with E-state index in [4.69, 9.17) is 4.74 Å². The topological polar surface area (TPSA) is 70.1 Å². The van der Waals surface area contributed by atoms with Crippen molar-refractivity contribution in [3.05, 3.63) is 16.1 Å². The van der Waals surface area contributed by atoms with Crippen molar-refractivity contribution in [1.82, 2.24) is 20.1 Å². The quantitative estimate of drug-likeness (QED) is 0.643. The zero-order chi connectivity index (χ0) is 17.4. The molecule has 1 aliphatic heterocycles. The predicted molar refractivity (Wildman–Crippen MR) is 96.7 cm³/mol. The number of nitrogens with one attached hydrogen (secondary N) is 1. The van der Waals surface area contributed by atoms with E-state index in [0.29, 0.717) is 19.7 Å². The first-order chi connectivity index (χ1) is 11.7. The number of carbonyl (C=O) groups is 1. The smallest absolute Gasteiger partial charge is 0.409 e. The minimum absolute atomic E-state index is 0.227. The van der Waals surface area contributed by atoms with Crippen LogP contribution in [-0.2, 0) is 17.6 Å². The van der Waals surface area contributed by atoms with E-state index in [1.807, 2.05) is 6.92 Å². The number of thiazole rings is 1. The molecule has 24 heavy (non-hydrogen) atoms. The first-order valence-electron chi connectivity index (χ1n) is 8.48. The lowest BCUT2D eigenvalue weighted by molar-refractivity contribution is 0.0915. The van der Waals surface area contributed by atoms with Crippen molar-refractivity contribution >= 4 is 23.4 Å². The standard InChI is InChI=1S/C16H27N5O2S/c1-4-14-19-13(12-24-14)6-7-18-15(17-3)20-8-10-21(11-9-20)16(22)23-5-2/h12H,4-11H2,1-3H3,(H,17,18). The normalized spacial score (nSPS) is 15.5. The zero-order valence-electron chi connectivity index (χ0n) is 14.7. The number of hydrogen-bond acceptors (Lipinski definition) is 5. The van der Waals surface area contributed by atoms with Gasteiger partial charge in [0.2, 0.25) is 0 Å². The van der Waals surface area contributed by atoms with Gasteiger partial charge in [-0.25, -0.2) is 9.78 Å². The molecular formula is C16H27N5O2S. The van der Waals surface area contributed by atoms with Crippen molar-refractivity contribution < 1.29 is 9.53 Å². The highest BCUT2D eigenvalue weighted by atomic mass is 32.1. The van der Waals surface area contributed by atoms with E-state index in [0.717, 1.165) is 44.1 Å². The number of aryl methyl sites for hydroxylation is 1. The van der Waals surface area contributed by atoms with Gasteiger partial charge in [-0.2, -0.15) is 0 Å². The number of ether oxygens (including phenoxy) is 1. The van der Waals surface area contributed by atoms with Crippen LogP contribution in [0.3, 0.4) is 0 Å². The second-order valence-electron chi connectivity index (χ2n) is 5.48. The molecule has 1 aromatic rings. The van der Waals surface area contributed by atoms with E-state index in [9.17, 15) is 4.79 Å². The molecule has 1 aliphatic rings. The van der Waals surface area contributed by atoms with Crippen LogP contribution < -0.4 is 5.32 Å². The number of guanidine groups is 1. The van der Waals surface area contributed by atoms with Crippen molar-refractivity contribution in [2.75, 3.05) is 46.4 Å². The lowest BCUT2D eigenvalue weighted by Gasteiger charge is -2.35. The Morgan fingerprint density at radius 3 is 2.62 bits per heavy atom. The summed E-state index contributed by atoms with van der Waals surface area (Å²) in [6.07, 6.45) is 1.65. The van der Waals surface area contributed by atoms with E-state index in [-0.39, 0.29) is 6.09 Å². The van der Waals surface area contributed by atoms with E-state index in [1.54, 1.807) is 23.3 Å². The second kappa shape index (κ2) is 9.46. The van der Waals surface area contributed by atoms with Crippen LogP contribution in [0.15, 0.2) is 10.4 Å². The fourth-order valence-corrected chi connectivity index (χ4v) is 3.36. The summed E-state index contributed by atoms with van der Waals surface area (Å²) in [4.78, 5) is 24.6. The van der Waals surface area contributed by atoms with Gasteiger partial charge < -0.3 is 19.9 Å². The van der Waals surface area contributed by atoms with Crippen LogP contribution >= 0.6 is 11.3 Å². The molecule has 1 aromatic heterocycles. The molecule has 8 heteroatoms. The zero-order valence-corrected chi connectivity index (χ0v) is 15.6. The largest absolute Gasteiger partial charge is 0.450 e. The average Bonchev–Trinajstić information content (AvgIpc) is 3.07. The summed E-state index contributed by atoms with van der Waals surface area (Å²) in [5, 5.41) is 6.70. The maximum absolute atomic E-state index is 11.7. The number of nitrogens with zero attached hydrogens (tertiary/aromatic N) is 4. The number of hydrogen-bond donors (Lipinski definition) is 1.